The summed E-state index contributed by atoms with van der Waals surface area (Å²) in [4.78, 5) is 3.93. The van der Waals surface area contributed by atoms with E-state index in [-0.39, 0.29) is 5.82 Å². The molecule has 2 rings (SSSR count). The normalized spacial score (nSPS) is 10.3. The molecule has 0 saturated carbocycles. The lowest BCUT2D eigenvalue weighted by Crippen LogP contribution is -1.96. The van der Waals surface area contributed by atoms with Crippen LogP contribution >= 0.6 is 27.5 Å². The van der Waals surface area contributed by atoms with Crippen LogP contribution in [0.25, 0.3) is 0 Å². The fourth-order valence-corrected chi connectivity index (χ4v) is 1.83. The van der Waals surface area contributed by atoms with Gasteiger partial charge >= 0.3 is 0 Å². The average Bonchev–Trinajstić information content (AvgIpc) is 2.27. The smallest absolute Gasteiger partial charge is 0.129 e. The number of nitrogens with zero attached hydrogens (tertiary/aromatic N) is 1. The first-order valence-electron chi connectivity index (χ1n) is 4.83. The van der Waals surface area contributed by atoms with Gasteiger partial charge in [-0.2, -0.15) is 0 Å². The Morgan fingerprint density at radius 2 is 2.12 bits per heavy atom. The van der Waals surface area contributed by atoms with E-state index >= 15 is 0 Å². The van der Waals surface area contributed by atoms with Crippen molar-refractivity contribution in [3.05, 3.63) is 57.5 Å². The van der Waals surface area contributed by atoms with Gasteiger partial charge in [-0.1, -0.05) is 33.6 Å². The van der Waals surface area contributed by atoms with E-state index in [4.69, 9.17) is 16.3 Å². The second-order valence-corrected chi connectivity index (χ2v) is 4.69. The topological polar surface area (TPSA) is 22.1 Å². The summed E-state index contributed by atoms with van der Waals surface area (Å²) in [6.07, 6.45) is 1.62. The minimum Gasteiger partial charge on any atom is -0.489 e. The Bertz CT molecular complexity index is 498. The maximum Gasteiger partial charge on any atom is 0.129 e. The highest BCUT2D eigenvalue weighted by molar-refractivity contribution is 9.10. The second-order valence-electron chi connectivity index (χ2n) is 3.38. The molecule has 0 aliphatic heterocycles. The summed E-state index contributed by atoms with van der Waals surface area (Å²) in [6, 6.07) is 7.89. The molecule has 5 heteroatoms. The first-order valence-corrected chi connectivity index (χ1v) is 6.00. The lowest BCUT2D eigenvalue weighted by molar-refractivity contribution is 0.304. The minimum atomic E-state index is -0.344. The first-order chi connectivity index (χ1) is 8.13. The monoisotopic (exact) mass is 315 g/mol. The lowest BCUT2D eigenvalue weighted by atomic mass is 10.3. The van der Waals surface area contributed by atoms with Crippen molar-refractivity contribution in [2.75, 3.05) is 0 Å². The van der Waals surface area contributed by atoms with Gasteiger partial charge in [0.25, 0.3) is 0 Å². The van der Waals surface area contributed by atoms with Crippen molar-refractivity contribution >= 4 is 27.5 Å². The van der Waals surface area contributed by atoms with Crippen molar-refractivity contribution in [3.63, 3.8) is 0 Å². The van der Waals surface area contributed by atoms with E-state index < -0.39 is 0 Å². The molecule has 0 amide bonds. The molecule has 0 aliphatic rings. The fraction of sp³-hybridized carbons (Fsp3) is 0.0833. The van der Waals surface area contributed by atoms with Crippen LogP contribution < -0.4 is 4.74 Å². The van der Waals surface area contributed by atoms with Crippen molar-refractivity contribution in [1.82, 2.24) is 4.98 Å². The third-order valence-electron chi connectivity index (χ3n) is 2.03. The maximum absolute atomic E-state index is 13.1. The molecular weight excluding hydrogens is 308 g/mol. The molecule has 1 aromatic heterocycles. The number of halogens is 3. The van der Waals surface area contributed by atoms with E-state index in [0.29, 0.717) is 22.0 Å². The van der Waals surface area contributed by atoms with Crippen LogP contribution in [0, 0.1) is 5.82 Å². The molecule has 1 aromatic carbocycles. The van der Waals surface area contributed by atoms with Crippen LogP contribution in [0.2, 0.25) is 5.15 Å². The minimum absolute atomic E-state index is 0.320. The molecule has 0 radical (unpaired) electrons. The Morgan fingerprint density at radius 3 is 2.76 bits per heavy atom. The van der Waals surface area contributed by atoms with Crippen molar-refractivity contribution in [1.29, 1.82) is 0 Å². The fourth-order valence-electron chi connectivity index (χ4n) is 1.27. The van der Waals surface area contributed by atoms with Gasteiger partial charge in [-0.3, -0.25) is 0 Å². The summed E-state index contributed by atoms with van der Waals surface area (Å²) < 4.78 is 19.1. The Labute approximate surface area is 112 Å². The van der Waals surface area contributed by atoms with Gasteiger partial charge in [-0.05, 0) is 18.2 Å². The molecule has 2 nitrogen and oxygen atoms in total. The van der Waals surface area contributed by atoms with Crippen molar-refractivity contribution in [2.45, 2.75) is 6.61 Å². The van der Waals surface area contributed by atoms with E-state index in [1.165, 1.54) is 12.1 Å². The molecule has 1 heterocycles. The van der Waals surface area contributed by atoms with Crippen molar-refractivity contribution in [2.24, 2.45) is 0 Å². The number of ether oxygens (including phenoxy) is 1. The Kier molecular flexibility index (Phi) is 3.97. The second kappa shape index (κ2) is 5.47. The molecule has 88 valence electrons. The van der Waals surface area contributed by atoms with Crippen LogP contribution in [0.3, 0.4) is 0 Å². The van der Waals surface area contributed by atoms with Crippen molar-refractivity contribution < 1.29 is 9.13 Å². The number of pyridine rings is 1. The van der Waals surface area contributed by atoms with Crippen LogP contribution in [-0.4, -0.2) is 4.98 Å². The molecule has 0 spiro atoms. The van der Waals surface area contributed by atoms with Crippen LogP contribution in [0.5, 0.6) is 5.75 Å². The van der Waals surface area contributed by atoms with Crippen LogP contribution in [0.1, 0.15) is 5.56 Å². The highest BCUT2D eigenvalue weighted by Crippen LogP contribution is 2.21. The number of benzene rings is 1. The predicted octanol–water partition coefficient (Wildman–Crippen LogP) is 4.22. The highest BCUT2D eigenvalue weighted by Gasteiger charge is 2.01. The molecule has 0 atom stereocenters. The Balaban J connectivity index is 2.04. The van der Waals surface area contributed by atoms with Gasteiger partial charge < -0.3 is 4.74 Å². The largest absolute Gasteiger partial charge is 0.489 e. The molecule has 0 fully saturated rings. The SMILES string of the molecule is Fc1cc(Br)cc(OCc2ccc(Cl)nc2)c1. The maximum atomic E-state index is 13.1. The molecule has 0 N–H and O–H groups in total. The summed E-state index contributed by atoms with van der Waals surface area (Å²) >= 11 is 8.86. The predicted molar refractivity (Wildman–Crippen MR) is 67.7 cm³/mol. The summed E-state index contributed by atoms with van der Waals surface area (Å²) in [5.41, 5.74) is 0.870. The summed E-state index contributed by atoms with van der Waals surface area (Å²) in [7, 11) is 0. The van der Waals surface area contributed by atoms with E-state index in [1.807, 2.05) is 6.07 Å². The Hall–Kier alpha value is -1.13. The molecule has 2 aromatic rings. The number of hydrogen-bond acceptors (Lipinski definition) is 2. The van der Waals surface area contributed by atoms with E-state index in [0.717, 1.165) is 5.56 Å². The number of aromatic nitrogens is 1. The number of rotatable bonds is 3. The van der Waals surface area contributed by atoms with Gasteiger partial charge in [0, 0.05) is 22.3 Å². The summed E-state index contributed by atoms with van der Waals surface area (Å²) in [6.45, 7) is 0.320. The molecule has 0 unspecified atom stereocenters. The number of hydrogen-bond donors (Lipinski definition) is 0. The standard InChI is InChI=1S/C12H8BrClFNO/c13-9-3-10(15)5-11(4-9)17-7-8-1-2-12(14)16-6-8/h1-6H,7H2. The molecule has 0 bridgehead atoms. The molecule has 17 heavy (non-hydrogen) atoms. The van der Waals surface area contributed by atoms with Gasteiger partial charge in [0.15, 0.2) is 0 Å². The summed E-state index contributed by atoms with van der Waals surface area (Å²) in [5.74, 6) is 0.121. The highest BCUT2D eigenvalue weighted by atomic mass is 79.9. The van der Waals surface area contributed by atoms with E-state index in [1.54, 1.807) is 18.3 Å². The molecule has 0 aliphatic carbocycles. The average molecular weight is 317 g/mol. The molecular formula is C12H8BrClFNO. The third-order valence-corrected chi connectivity index (χ3v) is 2.71. The van der Waals surface area contributed by atoms with Crippen LogP contribution in [-0.2, 0) is 6.61 Å². The Morgan fingerprint density at radius 1 is 1.29 bits per heavy atom. The third kappa shape index (κ3) is 3.68. The zero-order chi connectivity index (χ0) is 12.3. The zero-order valence-corrected chi connectivity index (χ0v) is 11.0. The lowest BCUT2D eigenvalue weighted by Gasteiger charge is -2.06. The molecule has 0 saturated heterocycles. The zero-order valence-electron chi connectivity index (χ0n) is 8.66. The van der Waals surface area contributed by atoms with E-state index in [2.05, 4.69) is 20.9 Å². The van der Waals surface area contributed by atoms with Gasteiger partial charge in [-0.15, -0.1) is 0 Å². The first kappa shape index (κ1) is 12.3. The van der Waals surface area contributed by atoms with Gasteiger partial charge in [0.1, 0.15) is 23.3 Å². The van der Waals surface area contributed by atoms with E-state index in [9.17, 15) is 4.39 Å². The van der Waals surface area contributed by atoms with Gasteiger partial charge in [-0.25, -0.2) is 9.37 Å². The summed E-state index contributed by atoms with van der Waals surface area (Å²) in [5, 5.41) is 0.433. The van der Waals surface area contributed by atoms with Gasteiger partial charge in [0.2, 0.25) is 0 Å². The quantitative estimate of drug-likeness (QED) is 0.791. The van der Waals surface area contributed by atoms with Gasteiger partial charge in [0.05, 0.1) is 0 Å². The van der Waals surface area contributed by atoms with Crippen LogP contribution in [0.4, 0.5) is 4.39 Å². The van der Waals surface area contributed by atoms with Crippen LogP contribution in [0.15, 0.2) is 41.0 Å². The van der Waals surface area contributed by atoms with Crippen molar-refractivity contribution in [3.8, 4) is 5.75 Å².